The first-order chi connectivity index (χ1) is 6.81. The average Bonchev–Trinajstić information content (AvgIpc) is 2.16. The summed E-state index contributed by atoms with van der Waals surface area (Å²) < 4.78 is 0. The van der Waals surface area contributed by atoms with E-state index >= 15 is 0 Å². The number of rotatable bonds is 6. The molecule has 0 aromatic heterocycles. The molecule has 0 saturated carbocycles. The van der Waals surface area contributed by atoms with Crippen LogP contribution in [-0.4, -0.2) is 19.5 Å². The summed E-state index contributed by atoms with van der Waals surface area (Å²) in [6.07, 6.45) is 2.92. The van der Waals surface area contributed by atoms with Gasteiger partial charge < -0.3 is 11.1 Å². The van der Waals surface area contributed by atoms with Gasteiger partial charge in [0, 0.05) is 12.5 Å². The van der Waals surface area contributed by atoms with E-state index in [9.17, 15) is 4.79 Å². The maximum absolute atomic E-state index is 11.7. The number of nitrogens with one attached hydrogen (secondary N) is 1. The van der Waals surface area contributed by atoms with Crippen LogP contribution in [0.4, 0.5) is 0 Å². The molecule has 1 atom stereocenters. The standard InChI is InChI=1S/C12H26N2O/c1-6-12(4,7-8-13)9-11(2,3)10(15)14-5/h6-9,13H2,1-5H3,(H,14,15). The van der Waals surface area contributed by atoms with Crippen LogP contribution in [0.1, 0.15) is 47.0 Å². The van der Waals surface area contributed by atoms with Gasteiger partial charge in [-0.3, -0.25) is 4.79 Å². The van der Waals surface area contributed by atoms with Crippen molar-refractivity contribution >= 4 is 5.91 Å². The third-order valence-corrected chi connectivity index (χ3v) is 3.31. The molecule has 0 spiro atoms. The summed E-state index contributed by atoms with van der Waals surface area (Å²) in [4.78, 5) is 11.7. The first kappa shape index (κ1) is 14.4. The maximum Gasteiger partial charge on any atom is 0.225 e. The Balaban J connectivity index is 4.59. The summed E-state index contributed by atoms with van der Waals surface area (Å²) in [7, 11) is 1.69. The number of amides is 1. The largest absolute Gasteiger partial charge is 0.359 e. The van der Waals surface area contributed by atoms with Crippen molar-refractivity contribution in [3.05, 3.63) is 0 Å². The van der Waals surface area contributed by atoms with E-state index in [0.717, 1.165) is 19.3 Å². The summed E-state index contributed by atoms with van der Waals surface area (Å²) in [5, 5.41) is 2.72. The highest BCUT2D eigenvalue weighted by molar-refractivity contribution is 5.81. The summed E-state index contributed by atoms with van der Waals surface area (Å²) in [6, 6.07) is 0. The third-order valence-electron chi connectivity index (χ3n) is 3.31. The van der Waals surface area contributed by atoms with Crippen molar-refractivity contribution in [2.75, 3.05) is 13.6 Å². The minimum atomic E-state index is -0.311. The first-order valence-electron chi connectivity index (χ1n) is 5.73. The Labute approximate surface area is 93.8 Å². The summed E-state index contributed by atoms with van der Waals surface area (Å²) in [5.41, 5.74) is 5.48. The Bertz CT molecular complexity index is 214. The van der Waals surface area contributed by atoms with Crippen molar-refractivity contribution < 1.29 is 4.79 Å². The molecule has 3 nitrogen and oxygen atoms in total. The molecule has 0 aromatic rings. The second-order valence-corrected chi connectivity index (χ2v) is 5.34. The molecule has 0 fully saturated rings. The molecule has 15 heavy (non-hydrogen) atoms. The Kier molecular flexibility index (Phi) is 5.29. The van der Waals surface area contributed by atoms with E-state index in [2.05, 4.69) is 19.2 Å². The van der Waals surface area contributed by atoms with Crippen LogP contribution in [0.3, 0.4) is 0 Å². The van der Waals surface area contributed by atoms with E-state index < -0.39 is 0 Å². The maximum atomic E-state index is 11.7. The molecule has 0 aliphatic carbocycles. The molecule has 3 N–H and O–H groups in total. The fraction of sp³-hybridized carbons (Fsp3) is 0.917. The molecule has 0 aromatic carbocycles. The molecule has 90 valence electrons. The molecular formula is C12H26N2O. The van der Waals surface area contributed by atoms with Crippen molar-refractivity contribution in [1.29, 1.82) is 0 Å². The molecule has 0 aliphatic heterocycles. The highest BCUT2D eigenvalue weighted by Gasteiger charge is 2.35. The number of nitrogens with two attached hydrogens (primary N) is 1. The van der Waals surface area contributed by atoms with E-state index in [1.807, 2.05) is 13.8 Å². The van der Waals surface area contributed by atoms with Crippen LogP contribution in [-0.2, 0) is 4.79 Å². The minimum Gasteiger partial charge on any atom is -0.359 e. The average molecular weight is 214 g/mol. The van der Waals surface area contributed by atoms with Crippen LogP contribution < -0.4 is 11.1 Å². The van der Waals surface area contributed by atoms with Crippen molar-refractivity contribution in [2.45, 2.75) is 47.0 Å². The molecule has 0 saturated heterocycles. The Hall–Kier alpha value is -0.570. The summed E-state index contributed by atoms with van der Waals surface area (Å²) >= 11 is 0. The smallest absolute Gasteiger partial charge is 0.225 e. The number of hydrogen-bond donors (Lipinski definition) is 2. The van der Waals surface area contributed by atoms with Gasteiger partial charge in [0.25, 0.3) is 0 Å². The SMILES string of the molecule is CCC(C)(CCN)CC(C)(C)C(=O)NC. The molecule has 1 amide bonds. The van der Waals surface area contributed by atoms with Gasteiger partial charge in [-0.05, 0) is 24.8 Å². The molecule has 0 rings (SSSR count). The van der Waals surface area contributed by atoms with Crippen LogP contribution in [0, 0.1) is 10.8 Å². The second kappa shape index (κ2) is 5.50. The van der Waals surface area contributed by atoms with E-state index in [-0.39, 0.29) is 16.7 Å². The Morgan fingerprint density at radius 1 is 1.33 bits per heavy atom. The predicted molar refractivity (Wildman–Crippen MR) is 64.5 cm³/mol. The lowest BCUT2D eigenvalue weighted by molar-refractivity contribution is -0.130. The molecule has 0 bridgehead atoms. The summed E-state index contributed by atoms with van der Waals surface area (Å²) in [6.45, 7) is 9.06. The van der Waals surface area contributed by atoms with Gasteiger partial charge in [-0.15, -0.1) is 0 Å². The van der Waals surface area contributed by atoms with E-state index in [0.29, 0.717) is 6.54 Å². The number of carbonyl (C=O) groups is 1. The van der Waals surface area contributed by atoms with E-state index in [1.165, 1.54) is 0 Å². The van der Waals surface area contributed by atoms with Gasteiger partial charge in [0.15, 0.2) is 0 Å². The molecule has 3 heteroatoms. The zero-order valence-corrected chi connectivity index (χ0v) is 10.8. The molecule has 0 heterocycles. The zero-order valence-electron chi connectivity index (χ0n) is 10.8. The van der Waals surface area contributed by atoms with Gasteiger partial charge in [0.2, 0.25) is 5.91 Å². The highest BCUT2D eigenvalue weighted by atomic mass is 16.2. The van der Waals surface area contributed by atoms with Crippen LogP contribution in [0.5, 0.6) is 0 Å². The van der Waals surface area contributed by atoms with Crippen LogP contribution >= 0.6 is 0 Å². The number of carbonyl (C=O) groups excluding carboxylic acids is 1. The quantitative estimate of drug-likeness (QED) is 0.709. The monoisotopic (exact) mass is 214 g/mol. The lowest BCUT2D eigenvalue weighted by Gasteiger charge is -2.35. The van der Waals surface area contributed by atoms with Crippen LogP contribution in [0.25, 0.3) is 0 Å². The lowest BCUT2D eigenvalue weighted by atomic mass is 9.70. The Morgan fingerprint density at radius 3 is 2.20 bits per heavy atom. The predicted octanol–water partition coefficient (Wildman–Crippen LogP) is 1.91. The molecule has 1 unspecified atom stereocenters. The van der Waals surface area contributed by atoms with Gasteiger partial charge in [-0.1, -0.05) is 34.1 Å². The van der Waals surface area contributed by atoms with Gasteiger partial charge >= 0.3 is 0 Å². The normalized spacial score (nSPS) is 15.9. The van der Waals surface area contributed by atoms with Crippen molar-refractivity contribution in [2.24, 2.45) is 16.6 Å². The fourth-order valence-electron chi connectivity index (χ4n) is 2.22. The van der Waals surface area contributed by atoms with Gasteiger partial charge in [0.05, 0.1) is 0 Å². The molecular weight excluding hydrogens is 188 g/mol. The molecule has 0 radical (unpaired) electrons. The van der Waals surface area contributed by atoms with Gasteiger partial charge in [-0.25, -0.2) is 0 Å². The third kappa shape index (κ3) is 4.20. The first-order valence-corrected chi connectivity index (χ1v) is 5.73. The minimum absolute atomic E-state index is 0.110. The summed E-state index contributed by atoms with van der Waals surface area (Å²) in [5.74, 6) is 0.110. The van der Waals surface area contributed by atoms with E-state index in [1.54, 1.807) is 7.05 Å². The zero-order chi connectivity index (χ0) is 12.1. The fourth-order valence-corrected chi connectivity index (χ4v) is 2.22. The lowest BCUT2D eigenvalue weighted by Crippen LogP contribution is -2.39. The van der Waals surface area contributed by atoms with Crippen molar-refractivity contribution in [1.82, 2.24) is 5.32 Å². The van der Waals surface area contributed by atoms with Crippen molar-refractivity contribution in [3.8, 4) is 0 Å². The van der Waals surface area contributed by atoms with Gasteiger partial charge in [0.1, 0.15) is 0 Å². The topological polar surface area (TPSA) is 55.1 Å². The highest BCUT2D eigenvalue weighted by Crippen LogP contribution is 2.38. The van der Waals surface area contributed by atoms with E-state index in [4.69, 9.17) is 5.73 Å². The Morgan fingerprint density at radius 2 is 1.87 bits per heavy atom. The van der Waals surface area contributed by atoms with Crippen LogP contribution in [0.2, 0.25) is 0 Å². The van der Waals surface area contributed by atoms with Gasteiger partial charge in [-0.2, -0.15) is 0 Å². The number of hydrogen-bond acceptors (Lipinski definition) is 2. The molecule has 0 aliphatic rings. The van der Waals surface area contributed by atoms with Crippen LogP contribution in [0.15, 0.2) is 0 Å². The second-order valence-electron chi connectivity index (χ2n) is 5.34. The van der Waals surface area contributed by atoms with Crippen molar-refractivity contribution in [3.63, 3.8) is 0 Å².